The Balaban J connectivity index is 1.69. The van der Waals surface area contributed by atoms with Gasteiger partial charge < -0.3 is 14.5 Å². The third kappa shape index (κ3) is 2.28. The quantitative estimate of drug-likeness (QED) is 0.713. The molecular formula is C13H18N4O2. The van der Waals surface area contributed by atoms with E-state index in [2.05, 4.69) is 31.8 Å². The first-order valence-electron chi connectivity index (χ1n) is 6.53. The third-order valence-corrected chi connectivity index (χ3v) is 4.04. The highest BCUT2D eigenvalue weighted by molar-refractivity contribution is 5.86. The van der Waals surface area contributed by atoms with Gasteiger partial charge in [-0.15, -0.1) is 10.2 Å². The number of nitrogens with zero attached hydrogens (tertiary/aromatic N) is 4. The molecule has 6 heteroatoms. The van der Waals surface area contributed by atoms with Crippen LogP contribution in [0.5, 0.6) is 0 Å². The molecule has 0 saturated carbocycles. The van der Waals surface area contributed by atoms with Crippen LogP contribution in [0.25, 0.3) is 0 Å². The molecule has 0 aromatic carbocycles. The second-order valence-corrected chi connectivity index (χ2v) is 5.41. The van der Waals surface area contributed by atoms with E-state index >= 15 is 0 Å². The van der Waals surface area contributed by atoms with Crippen LogP contribution < -0.4 is 4.90 Å². The molecule has 2 aliphatic rings. The summed E-state index contributed by atoms with van der Waals surface area (Å²) in [6.07, 6.45) is 0. The maximum absolute atomic E-state index is 11.3. The Morgan fingerprint density at radius 1 is 1.21 bits per heavy atom. The van der Waals surface area contributed by atoms with E-state index in [9.17, 15) is 4.79 Å². The minimum atomic E-state index is -0.445. The van der Waals surface area contributed by atoms with E-state index in [1.54, 1.807) is 6.07 Å². The zero-order valence-corrected chi connectivity index (χ0v) is 11.2. The number of hydrogen-bond acceptors (Lipinski definition) is 6. The predicted molar refractivity (Wildman–Crippen MR) is 70.1 cm³/mol. The predicted octanol–water partition coefficient (Wildman–Crippen LogP) is 0.261. The lowest BCUT2D eigenvalue weighted by atomic mass is 10.0. The summed E-state index contributed by atoms with van der Waals surface area (Å²) in [5, 5.41) is 8.06. The van der Waals surface area contributed by atoms with E-state index in [1.807, 2.05) is 6.07 Å². The van der Waals surface area contributed by atoms with Crippen molar-refractivity contribution in [1.82, 2.24) is 15.1 Å². The lowest BCUT2D eigenvalue weighted by molar-refractivity contribution is 0.0592. The van der Waals surface area contributed by atoms with Crippen molar-refractivity contribution in [2.45, 2.75) is 0 Å². The normalized spacial score (nSPS) is 26.5. The van der Waals surface area contributed by atoms with Crippen molar-refractivity contribution in [1.29, 1.82) is 0 Å². The first kappa shape index (κ1) is 12.3. The number of hydrogen-bond donors (Lipinski definition) is 0. The topological polar surface area (TPSA) is 58.6 Å². The Labute approximate surface area is 112 Å². The molecule has 6 nitrogen and oxygen atoms in total. The molecule has 0 radical (unpaired) electrons. The van der Waals surface area contributed by atoms with Gasteiger partial charge in [0.1, 0.15) is 0 Å². The van der Waals surface area contributed by atoms with E-state index in [1.165, 1.54) is 7.11 Å². The molecule has 0 aliphatic carbocycles. The number of likely N-dealkylation sites (tertiary alicyclic amines) is 1. The lowest BCUT2D eigenvalue weighted by Gasteiger charge is -2.19. The fraction of sp³-hybridized carbons (Fsp3) is 0.615. The number of anilines is 1. The van der Waals surface area contributed by atoms with Gasteiger partial charge in [-0.25, -0.2) is 4.79 Å². The summed E-state index contributed by atoms with van der Waals surface area (Å²) >= 11 is 0. The van der Waals surface area contributed by atoms with Crippen molar-refractivity contribution in [3.05, 3.63) is 17.8 Å². The van der Waals surface area contributed by atoms with Crippen LogP contribution in [-0.2, 0) is 4.74 Å². The van der Waals surface area contributed by atoms with E-state index in [0.29, 0.717) is 0 Å². The molecule has 0 bridgehead atoms. The maximum Gasteiger partial charge on any atom is 0.358 e. The molecule has 3 rings (SSSR count). The van der Waals surface area contributed by atoms with E-state index in [0.717, 1.165) is 43.8 Å². The van der Waals surface area contributed by atoms with Crippen LogP contribution in [0.1, 0.15) is 10.5 Å². The maximum atomic E-state index is 11.3. The van der Waals surface area contributed by atoms with Gasteiger partial charge in [-0.2, -0.15) is 0 Å². The van der Waals surface area contributed by atoms with Crippen LogP contribution in [0.15, 0.2) is 12.1 Å². The molecule has 2 fully saturated rings. The standard InChI is InChI=1S/C13H18N4O2/c1-16-5-9-7-17(8-10(9)6-16)12-4-3-11(14-15-12)13(18)19-2/h3-4,9-10H,5-8H2,1-2H3/t9-,10-/m0/s1. The van der Waals surface area contributed by atoms with Crippen LogP contribution in [0.4, 0.5) is 5.82 Å². The van der Waals surface area contributed by atoms with Gasteiger partial charge >= 0.3 is 5.97 Å². The number of rotatable bonds is 2. The summed E-state index contributed by atoms with van der Waals surface area (Å²) in [6.45, 7) is 4.38. The molecule has 1 aromatic rings. The van der Waals surface area contributed by atoms with Crippen molar-refractivity contribution >= 4 is 11.8 Å². The van der Waals surface area contributed by atoms with Gasteiger partial charge in [0.15, 0.2) is 11.5 Å². The fourth-order valence-corrected chi connectivity index (χ4v) is 3.12. The van der Waals surface area contributed by atoms with Crippen LogP contribution in [0, 0.1) is 11.8 Å². The number of carbonyl (C=O) groups excluding carboxylic acids is 1. The number of esters is 1. The van der Waals surface area contributed by atoms with Crippen molar-refractivity contribution < 1.29 is 9.53 Å². The van der Waals surface area contributed by atoms with Crippen LogP contribution >= 0.6 is 0 Å². The summed E-state index contributed by atoms with van der Waals surface area (Å²) in [4.78, 5) is 15.9. The summed E-state index contributed by atoms with van der Waals surface area (Å²) in [5.41, 5.74) is 0.255. The Kier molecular flexibility index (Phi) is 3.10. The van der Waals surface area contributed by atoms with Crippen molar-refractivity contribution in [3.63, 3.8) is 0 Å². The number of aromatic nitrogens is 2. The van der Waals surface area contributed by atoms with Crippen LogP contribution in [0.3, 0.4) is 0 Å². The van der Waals surface area contributed by atoms with Crippen molar-refractivity contribution in [2.75, 3.05) is 45.2 Å². The Hall–Kier alpha value is -1.69. The van der Waals surface area contributed by atoms with Crippen molar-refractivity contribution in [2.24, 2.45) is 11.8 Å². The van der Waals surface area contributed by atoms with Crippen molar-refractivity contribution in [3.8, 4) is 0 Å². The fourth-order valence-electron chi connectivity index (χ4n) is 3.12. The molecule has 0 spiro atoms. The molecule has 102 valence electrons. The monoisotopic (exact) mass is 262 g/mol. The van der Waals surface area contributed by atoms with Crippen LogP contribution in [-0.4, -0.2) is 61.4 Å². The van der Waals surface area contributed by atoms with Gasteiger partial charge in [-0.3, -0.25) is 0 Å². The average molecular weight is 262 g/mol. The number of carbonyl (C=O) groups is 1. The SMILES string of the molecule is COC(=O)c1ccc(N2C[C@@H]3CN(C)C[C@H]3C2)nn1. The second-order valence-electron chi connectivity index (χ2n) is 5.41. The number of fused-ring (bicyclic) bond motifs is 1. The molecule has 19 heavy (non-hydrogen) atoms. The lowest BCUT2D eigenvalue weighted by Crippen LogP contribution is -2.27. The highest BCUT2D eigenvalue weighted by Gasteiger charge is 2.39. The molecule has 1 aromatic heterocycles. The zero-order valence-electron chi connectivity index (χ0n) is 11.2. The third-order valence-electron chi connectivity index (χ3n) is 4.04. The first-order valence-corrected chi connectivity index (χ1v) is 6.53. The molecule has 0 N–H and O–H groups in total. The summed E-state index contributed by atoms with van der Waals surface area (Å²) in [6, 6.07) is 3.53. The summed E-state index contributed by atoms with van der Waals surface area (Å²) in [5.74, 6) is 1.86. The molecule has 3 heterocycles. The van der Waals surface area contributed by atoms with Gasteiger partial charge in [-0.1, -0.05) is 0 Å². The summed E-state index contributed by atoms with van der Waals surface area (Å²) in [7, 11) is 3.52. The number of methoxy groups -OCH3 is 1. The Morgan fingerprint density at radius 3 is 2.42 bits per heavy atom. The van der Waals surface area contributed by atoms with Crippen LogP contribution in [0.2, 0.25) is 0 Å². The Morgan fingerprint density at radius 2 is 1.89 bits per heavy atom. The van der Waals surface area contributed by atoms with Gasteiger partial charge in [0.05, 0.1) is 7.11 Å². The smallest absolute Gasteiger partial charge is 0.358 e. The minimum Gasteiger partial charge on any atom is -0.464 e. The van der Waals surface area contributed by atoms with Gasteiger partial charge in [0.2, 0.25) is 0 Å². The summed E-state index contributed by atoms with van der Waals surface area (Å²) < 4.78 is 4.61. The first-order chi connectivity index (χ1) is 9.17. The van der Waals surface area contributed by atoms with Gasteiger partial charge in [0.25, 0.3) is 0 Å². The second kappa shape index (κ2) is 4.77. The van der Waals surface area contributed by atoms with Gasteiger partial charge in [0, 0.05) is 26.2 Å². The average Bonchev–Trinajstić information content (AvgIpc) is 2.95. The highest BCUT2D eigenvalue weighted by Crippen LogP contribution is 2.32. The van der Waals surface area contributed by atoms with E-state index in [-0.39, 0.29) is 5.69 Å². The molecule has 2 saturated heterocycles. The molecular weight excluding hydrogens is 244 g/mol. The van der Waals surface area contributed by atoms with Gasteiger partial charge in [-0.05, 0) is 31.0 Å². The zero-order chi connectivity index (χ0) is 13.4. The van der Waals surface area contributed by atoms with E-state index < -0.39 is 5.97 Å². The Bertz CT molecular complexity index is 462. The van der Waals surface area contributed by atoms with E-state index in [4.69, 9.17) is 0 Å². The minimum absolute atomic E-state index is 0.255. The molecule has 2 atom stereocenters. The molecule has 0 amide bonds. The largest absolute Gasteiger partial charge is 0.464 e. The highest BCUT2D eigenvalue weighted by atomic mass is 16.5. The number of ether oxygens (including phenoxy) is 1. The molecule has 2 aliphatic heterocycles. The molecule has 0 unspecified atom stereocenters.